The highest BCUT2D eigenvalue weighted by Crippen LogP contribution is 2.13. The highest BCUT2D eigenvalue weighted by Gasteiger charge is 2.29. The average molecular weight is 184 g/mol. The maximum atomic E-state index is 10.9. The minimum atomic E-state index is -0.291. The van der Waals surface area contributed by atoms with Gasteiger partial charge in [0, 0.05) is 0 Å². The van der Waals surface area contributed by atoms with Crippen LogP contribution >= 0.6 is 0 Å². The number of carbonyl (C=O) groups is 2. The molecule has 0 radical (unpaired) electrons. The zero-order valence-corrected chi connectivity index (χ0v) is 7.49. The summed E-state index contributed by atoms with van der Waals surface area (Å²) in [7, 11) is 0. The van der Waals surface area contributed by atoms with Gasteiger partial charge >= 0.3 is 11.9 Å². The van der Waals surface area contributed by atoms with Crippen LogP contribution < -0.4 is 0 Å². The lowest BCUT2D eigenvalue weighted by Gasteiger charge is -2.24. The predicted molar refractivity (Wildman–Crippen MR) is 44.9 cm³/mol. The maximum Gasteiger partial charge on any atom is 0.310 e. The lowest BCUT2D eigenvalue weighted by Crippen LogP contribution is -2.37. The normalized spacial score (nSPS) is 21.0. The van der Waals surface area contributed by atoms with E-state index in [0.717, 1.165) is 0 Å². The molecule has 72 valence electrons. The molecule has 4 nitrogen and oxygen atoms in total. The fourth-order valence-corrected chi connectivity index (χ4v) is 0.914. The average Bonchev–Trinajstić information content (AvgIpc) is 2.07. The van der Waals surface area contributed by atoms with Crippen LogP contribution in [0.25, 0.3) is 0 Å². The summed E-state index contributed by atoms with van der Waals surface area (Å²) in [6.07, 6.45) is 3.91. The van der Waals surface area contributed by atoms with Gasteiger partial charge in [0.25, 0.3) is 0 Å². The maximum absolute atomic E-state index is 10.9. The van der Waals surface area contributed by atoms with Crippen LogP contribution in [0.3, 0.4) is 0 Å². The number of esters is 2. The molecule has 1 heterocycles. The first-order valence-corrected chi connectivity index (χ1v) is 4.18. The number of allylic oxidation sites excluding steroid dienone is 1. The van der Waals surface area contributed by atoms with Crippen molar-refractivity contribution in [2.75, 3.05) is 6.61 Å². The van der Waals surface area contributed by atoms with Gasteiger partial charge in [0.05, 0.1) is 12.8 Å². The van der Waals surface area contributed by atoms with Crippen LogP contribution in [0.5, 0.6) is 0 Å². The van der Waals surface area contributed by atoms with Gasteiger partial charge in [-0.1, -0.05) is 12.2 Å². The van der Waals surface area contributed by atoms with E-state index in [4.69, 9.17) is 4.74 Å². The summed E-state index contributed by atoms with van der Waals surface area (Å²) in [5.41, 5.74) is 0. The van der Waals surface area contributed by atoms with Crippen molar-refractivity contribution in [2.24, 2.45) is 0 Å². The van der Waals surface area contributed by atoms with Crippen molar-refractivity contribution in [1.29, 1.82) is 0 Å². The van der Waals surface area contributed by atoms with Crippen LogP contribution in [-0.2, 0) is 19.1 Å². The molecule has 0 saturated carbocycles. The van der Waals surface area contributed by atoms with Crippen molar-refractivity contribution in [3.8, 4) is 0 Å². The Balaban J connectivity index is 2.05. The second-order valence-corrected chi connectivity index (χ2v) is 2.77. The van der Waals surface area contributed by atoms with Crippen LogP contribution in [0.2, 0.25) is 0 Å². The molecule has 1 saturated heterocycles. The second kappa shape index (κ2) is 4.64. The quantitative estimate of drug-likeness (QED) is 0.479. The molecular weight excluding hydrogens is 172 g/mol. The first-order chi connectivity index (χ1) is 6.22. The lowest BCUT2D eigenvalue weighted by molar-refractivity contribution is -0.178. The summed E-state index contributed by atoms with van der Waals surface area (Å²) in [6.45, 7) is 2.02. The largest absolute Gasteiger partial charge is 0.461 e. The van der Waals surface area contributed by atoms with E-state index in [1.54, 1.807) is 12.2 Å². The van der Waals surface area contributed by atoms with E-state index in [9.17, 15) is 9.59 Å². The summed E-state index contributed by atoms with van der Waals surface area (Å²) >= 11 is 0. The fraction of sp³-hybridized carbons (Fsp3) is 0.556. The summed E-state index contributed by atoms with van der Waals surface area (Å²) in [4.78, 5) is 21.3. The van der Waals surface area contributed by atoms with Crippen molar-refractivity contribution in [1.82, 2.24) is 0 Å². The van der Waals surface area contributed by atoms with Gasteiger partial charge in [-0.15, -0.1) is 0 Å². The van der Waals surface area contributed by atoms with Crippen molar-refractivity contribution in [3.63, 3.8) is 0 Å². The van der Waals surface area contributed by atoms with E-state index < -0.39 is 0 Å². The second-order valence-electron chi connectivity index (χ2n) is 2.77. The van der Waals surface area contributed by atoms with Crippen LogP contribution in [0, 0.1) is 0 Å². The third-order valence-corrected chi connectivity index (χ3v) is 1.64. The van der Waals surface area contributed by atoms with Gasteiger partial charge in [0.2, 0.25) is 0 Å². The molecule has 0 spiro atoms. The number of hydrogen-bond donors (Lipinski definition) is 0. The standard InChI is InChI=1S/C9H12O4/c1-2-3-4-8(10)12-6-7-5-9(11)13-7/h2-3,7H,4-6H2,1H3/b3-2+. The Morgan fingerprint density at radius 3 is 3.00 bits per heavy atom. The lowest BCUT2D eigenvalue weighted by atomic mass is 10.2. The fourth-order valence-electron chi connectivity index (χ4n) is 0.914. The van der Waals surface area contributed by atoms with Crippen LogP contribution in [0.4, 0.5) is 0 Å². The molecule has 0 bridgehead atoms. The zero-order chi connectivity index (χ0) is 9.68. The number of ether oxygens (including phenoxy) is 2. The Labute approximate surface area is 76.5 Å². The van der Waals surface area contributed by atoms with E-state index >= 15 is 0 Å². The Morgan fingerprint density at radius 2 is 2.46 bits per heavy atom. The van der Waals surface area contributed by atoms with Gasteiger partial charge in [0.15, 0.2) is 0 Å². The van der Waals surface area contributed by atoms with Gasteiger partial charge in [-0.25, -0.2) is 0 Å². The van der Waals surface area contributed by atoms with E-state index in [2.05, 4.69) is 4.74 Å². The number of carbonyl (C=O) groups excluding carboxylic acids is 2. The summed E-state index contributed by atoms with van der Waals surface area (Å²) in [5.74, 6) is -0.518. The van der Waals surface area contributed by atoms with Crippen molar-refractivity contribution < 1.29 is 19.1 Å². The van der Waals surface area contributed by atoms with Gasteiger partial charge in [-0.2, -0.15) is 0 Å². The SMILES string of the molecule is C/C=C/CC(=O)OCC1CC(=O)O1. The smallest absolute Gasteiger partial charge is 0.310 e. The predicted octanol–water partition coefficient (Wildman–Crippen LogP) is 0.811. The molecule has 0 aromatic carbocycles. The number of hydrogen-bond acceptors (Lipinski definition) is 4. The van der Waals surface area contributed by atoms with E-state index in [1.807, 2.05) is 6.92 Å². The Hall–Kier alpha value is -1.32. The highest BCUT2D eigenvalue weighted by molar-refractivity contribution is 5.75. The Morgan fingerprint density at radius 1 is 1.77 bits per heavy atom. The van der Waals surface area contributed by atoms with Crippen LogP contribution in [0.15, 0.2) is 12.2 Å². The molecule has 1 unspecified atom stereocenters. The summed E-state index contributed by atoms with van der Waals surface area (Å²) in [6, 6.07) is 0. The molecule has 1 rings (SSSR count). The molecule has 13 heavy (non-hydrogen) atoms. The first kappa shape index (κ1) is 9.77. The van der Waals surface area contributed by atoms with Crippen molar-refractivity contribution in [2.45, 2.75) is 25.9 Å². The molecule has 0 aromatic rings. The van der Waals surface area contributed by atoms with Crippen molar-refractivity contribution >= 4 is 11.9 Å². The number of rotatable bonds is 4. The highest BCUT2D eigenvalue weighted by atomic mass is 16.6. The molecule has 0 aromatic heterocycles. The summed E-state index contributed by atoms with van der Waals surface area (Å²) in [5, 5.41) is 0. The molecular formula is C9H12O4. The number of cyclic esters (lactones) is 1. The molecule has 0 N–H and O–H groups in total. The van der Waals surface area contributed by atoms with Gasteiger partial charge in [-0.05, 0) is 6.92 Å². The third-order valence-electron chi connectivity index (χ3n) is 1.64. The van der Waals surface area contributed by atoms with Crippen LogP contribution in [0.1, 0.15) is 19.8 Å². The minimum Gasteiger partial charge on any atom is -0.461 e. The molecule has 1 fully saturated rings. The van der Waals surface area contributed by atoms with E-state index in [-0.39, 0.29) is 31.1 Å². The monoisotopic (exact) mass is 184 g/mol. The molecule has 1 aliphatic rings. The molecule has 1 aliphatic heterocycles. The topological polar surface area (TPSA) is 52.6 Å². The summed E-state index contributed by atoms with van der Waals surface area (Å²) < 4.78 is 9.49. The van der Waals surface area contributed by atoms with Gasteiger partial charge < -0.3 is 9.47 Å². The minimum absolute atomic E-state index is 0.183. The Bertz CT molecular complexity index is 224. The molecule has 1 atom stereocenters. The van der Waals surface area contributed by atoms with Gasteiger partial charge in [-0.3, -0.25) is 9.59 Å². The molecule has 0 amide bonds. The zero-order valence-electron chi connectivity index (χ0n) is 7.49. The third kappa shape index (κ3) is 3.27. The van der Waals surface area contributed by atoms with Gasteiger partial charge in [0.1, 0.15) is 12.7 Å². The Kier molecular flexibility index (Phi) is 3.49. The van der Waals surface area contributed by atoms with Crippen LogP contribution in [-0.4, -0.2) is 24.6 Å². The first-order valence-electron chi connectivity index (χ1n) is 4.18. The van der Waals surface area contributed by atoms with E-state index in [1.165, 1.54) is 0 Å². The molecule has 0 aliphatic carbocycles. The van der Waals surface area contributed by atoms with E-state index in [0.29, 0.717) is 6.42 Å². The van der Waals surface area contributed by atoms with Crippen molar-refractivity contribution in [3.05, 3.63) is 12.2 Å². The molecule has 4 heteroatoms.